The summed E-state index contributed by atoms with van der Waals surface area (Å²) in [5.41, 5.74) is 8.79. The molecular formula is C57H35N5O. The summed E-state index contributed by atoms with van der Waals surface area (Å²) in [5, 5.41) is 11.4. The lowest BCUT2D eigenvalue weighted by Crippen LogP contribution is -2.10. The first kappa shape index (κ1) is 35.2. The Morgan fingerprint density at radius 3 is 1.84 bits per heavy atom. The third-order valence-corrected chi connectivity index (χ3v) is 12.4. The average molecular weight is 806 g/mol. The van der Waals surface area contributed by atoms with Gasteiger partial charge in [-0.15, -0.1) is 0 Å². The second kappa shape index (κ2) is 14.0. The maximum absolute atomic E-state index is 6.24. The molecule has 0 aliphatic carbocycles. The standard InChI is InChI=1S/C57H35N5O/c1-3-15-38(16-4-1)55-58-56(41-24-29-46-40(33-41)26-32-52-54(46)47-21-11-12-22-51(47)63-52)60-57(59-55)62-49-31-28-44(35-48(49)53-45-20-10-9-14-37(45)25-30-50(53)62)61(42-18-5-2-6-19-42)43-27-23-36-13-7-8-17-39(36)34-43/h1-35H. The van der Waals surface area contributed by atoms with E-state index in [0.717, 1.165) is 88.1 Å². The van der Waals surface area contributed by atoms with Gasteiger partial charge in [-0.05, 0) is 99.0 Å². The Kier molecular flexibility index (Phi) is 7.80. The fourth-order valence-corrected chi connectivity index (χ4v) is 9.48. The van der Waals surface area contributed by atoms with Crippen molar-refractivity contribution in [2.45, 2.75) is 0 Å². The molecule has 0 spiro atoms. The molecule has 0 unspecified atom stereocenters. The van der Waals surface area contributed by atoms with E-state index in [2.05, 4.69) is 191 Å². The minimum atomic E-state index is 0.549. The lowest BCUT2D eigenvalue weighted by Gasteiger charge is -2.26. The van der Waals surface area contributed by atoms with Crippen LogP contribution in [0.25, 0.3) is 105 Å². The third-order valence-electron chi connectivity index (χ3n) is 12.4. The highest BCUT2D eigenvalue weighted by Gasteiger charge is 2.22. The molecule has 294 valence electrons. The summed E-state index contributed by atoms with van der Waals surface area (Å²) in [4.78, 5) is 18.1. The molecule has 3 heterocycles. The fraction of sp³-hybridized carbons (Fsp3) is 0. The molecule has 0 fully saturated rings. The van der Waals surface area contributed by atoms with Crippen LogP contribution in [0, 0.1) is 0 Å². The average Bonchev–Trinajstić information content (AvgIpc) is 3.90. The van der Waals surface area contributed by atoms with Crippen LogP contribution in [-0.2, 0) is 0 Å². The van der Waals surface area contributed by atoms with Crippen molar-refractivity contribution in [2.75, 3.05) is 4.90 Å². The number of fused-ring (bicyclic) bond motifs is 11. The summed E-state index contributed by atoms with van der Waals surface area (Å²) in [7, 11) is 0. The van der Waals surface area contributed by atoms with E-state index in [1.807, 2.05) is 30.3 Å². The molecule has 0 aliphatic heterocycles. The number of nitrogens with zero attached hydrogens (tertiary/aromatic N) is 5. The predicted octanol–water partition coefficient (Wildman–Crippen LogP) is 15.1. The van der Waals surface area contributed by atoms with Gasteiger partial charge in [-0.3, -0.25) is 4.57 Å². The summed E-state index contributed by atoms with van der Waals surface area (Å²) < 4.78 is 8.45. The van der Waals surface area contributed by atoms with Gasteiger partial charge in [-0.2, -0.15) is 9.97 Å². The van der Waals surface area contributed by atoms with Crippen molar-refractivity contribution in [3.05, 3.63) is 212 Å². The molecule has 6 nitrogen and oxygen atoms in total. The molecule has 0 radical (unpaired) electrons. The van der Waals surface area contributed by atoms with Crippen LogP contribution < -0.4 is 4.90 Å². The number of para-hydroxylation sites is 2. The van der Waals surface area contributed by atoms with E-state index in [0.29, 0.717) is 17.6 Å². The number of aromatic nitrogens is 4. The Morgan fingerprint density at radius 2 is 0.984 bits per heavy atom. The van der Waals surface area contributed by atoms with Crippen molar-refractivity contribution in [1.29, 1.82) is 0 Å². The first-order valence-electron chi connectivity index (χ1n) is 21.2. The Hall–Kier alpha value is -8.61. The van der Waals surface area contributed by atoms with Crippen molar-refractivity contribution in [3.63, 3.8) is 0 Å². The molecule has 0 bridgehead atoms. The zero-order valence-corrected chi connectivity index (χ0v) is 33.9. The molecule has 13 rings (SSSR count). The number of benzene rings is 10. The van der Waals surface area contributed by atoms with Crippen molar-refractivity contribution in [1.82, 2.24) is 19.5 Å². The zero-order valence-electron chi connectivity index (χ0n) is 33.9. The maximum Gasteiger partial charge on any atom is 0.238 e. The summed E-state index contributed by atoms with van der Waals surface area (Å²) in [6.07, 6.45) is 0. The van der Waals surface area contributed by atoms with Crippen LogP contribution in [0.2, 0.25) is 0 Å². The summed E-state index contributed by atoms with van der Waals surface area (Å²) in [6, 6.07) is 74.6. The van der Waals surface area contributed by atoms with E-state index in [9.17, 15) is 0 Å². The molecule has 0 saturated carbocycles. The lowest BCUT2D eigenvalue weighted by atomic mass is 10.0. The van der Waals surface area contributed by atoms with Gasteiger partial charge in [-0.25, -0.2) is 4.98 Å². The highest BCUT2D eigenvalue weighted by molar-refractivity contribution is 6.22. The molecule has 10 aromatic carbocycles. The van der Waals surface area contributed by atoms with E-state index in [4.69, 9.17) is 19.4 Å². The van der Waals surface area contributed by atoms with E-state index >= 15 is 0 Å². The highest BCUT2D eigenvalue weighted by atomic mass is 16.3. The second-order valence-corrected chi connectivity index (χ2v) is 16.0. The van der Waals surface area contributed by atoms with Crippen LogP contribution in [-0.4, -0.2) is 19.5 Å². The van der Waals surface area contributed by atoms with E-state index < -0.39 is 0 Å². The Balaban J connectivity index is 1.05. The summed E-state index contributed by atoms with van der Waals surface area (Å²) in [5.74, 6) is 1.75. The Morgan fingerprint density at radius 1 is 0.349 bits per heavy atom. The maximum atomic E-state index is 6.24. The molecule has 13 aromatic rings. The topological polar surface area (TPSA) is 60.0 Å². The minimum Gasteiger partial charge on any atom is -0.456 e. The summed E-state index contributed by atoms with van der Waals surface area (Å²) in [6.45, 7) is 0. The van der Waals surface area contributed by atoms with Crippen LogP contribution in [0.1, 0.15) is 0 Å². The summed E-state index contributed by atoms with van der Waals surface area (Å²) >= 11 is 0. The quantitative estimate of drug-likeness (QED) is 0.167. The van der Waals surface area contributed by atoms with Gasteiger partial charge in [0.05, 0.1) is 11.0 Å². The van der Waals surface area contributed by atoms with Crippen LogP contribution in [0.15, 0.2) is 217 Å². The number of rotatable bonds is 6. The van der Waals surface area contributed by atoms with Crippen LogP contribution in [0.3, 0.4) is 0 Å². The van der Waals surface area contributed by atoms with Gasteiger partial charge in [0.1, 0.15) is 11.2 Å². The molecule has 3 aromatic heterocycles. The molecule has 0 amide bonds. The van der Waals surface area contributed by atoms with Gasteiger partial charge >= 0.3 is 0 Å². The van der Waals surface area contributed by atoms with Gasteiger partial charge in [0, 0.05) is 49.7 Å². The van der Waals surface area contributed by atoms with E-state index in [1.165, 1.54) is 16.2 Å². The zero-order chi connectivity index (χ0) is 41.4. The van der Waals surface area contributed by atoms with Crippen molar-refractivity contribution < 1.29 is 4.42 Å². The normalized spacial score (nSPS) is 11.8. The van der Waals surface area contributed by atoms with Crippen molar-refractivity contribution >= 4 is 93.1 Å². The van der Waals surface area contributed by atoms with Crippen molar-refractivity contribution in [3.8, 4) is 28.7 Å². The number of hydrogen-bond acceptors (Lipinski definition) is 5. The van der Waals surface area contributed by atoms with Crippen LogP contribution in [0.4, 0.5) is 17.1 Å². The monoisotopic (exact) mass is 805 g/mol. The minimum absolute atomic E-state index is 0.549. The van der Waals surface area contributed by atoms with Crippen LogP contribution in [0.5, 0.6) is 0 Å². The highest BCUT2D eigenvalue weighted by Crippen LogP contribution is 2.43. The first-order chi connectivity index (χ1) is 31.2. The molecular weight excluding hydrogens is 771 g/mol. The third kappa shape index (κ3) is 5.69. The number of hydrogen-bond donors (Lipinski definition) is 0. The van der Waals surface area contributed by atoms with Gasteiger partial charge in [0.2, 0.25) is 5.95 Å². The Bertz CT molecular complexity index is 3930. The molecule has 0 N–H and O–H groups in total. The molecule has 6 heteroatoms. The molecule has 63 heavy (non-hydrogen) atoms. The lowest BCUT2D eigenvalue weighted by molar-refractivity contribution is 0.669. The number of furan rings is 1. The smallest absolute Gasteiger partial charge is 0.238 e. The van der Waals surface area contributed by atoms with Gasteiger partial charge in [-0.1, -0.05) is 146 Å². The molecule has 0 atom stereocenters. The first-order valence-corrected chi connectivity index (χ1v) is 21.2. The van der Waals surface area contributed by atoms with Crippen LogP contribution >= 0.6 is 0 Å². The largest absolute Gasteiger partial charge is 0.456 e. The predicted molar refractivity (Wildman–Crippen MR) is 260 cm³/mol. The van der Waals surface area contributed by atoms with E-state index in [-0.39, 0.29) is 0 Å². The fourth-order valence-electron chi connectivity index (χ4n) is 9.48. The Labute approximate surface area is 361 Å². The van der Waals surface area contributed by atoms with Crippen molar-refractivity contribution in [2.24, 2.45) is 0 Å². The van der Waals surface area contributed by atoms with Gasteiger partial charge < -0.3 is 9.32 Å². The van der Waals surface area contributed by atoms with Gasteiger partial charge in [0.25, 0.3) is 0 Å². The molecule has 0 saturated heterocycles. The number of anilines is 3. The molecule has 0 aliphatic rings. The van der Waals surface area contributed by atoms with E-state index in [1.54, 1.807) is 0 Å². The van der Waals surface area contributed by atoms with Gasteiger partial charge in [0.15, 0.2) is 11.6 Å². The SMILES string of the molecule is c1ccc(-c2nc(-c3ccc4c(ccc5oc6ccccc6c54)c3)nc(-n3c4ccc(N(c5ccccc5)c5ccc6ccccc6c5)cc4c4c5ccccc5ccc43)n2)cc1. The second-order valence-electron chi connectivity index (χ2n) is 16.0.